The topological polar surface area (TPSA) is 73.6 Å². The van der Waals surface area contributed by atoms with E-state index in [1.807, 2.05) is 36.4 Å². The summed E-state index contributed by atoms with van der Waals surface area (Å²) in [5, 5.41) is 3.93. The Kier molecular flexibility index (Phi) is 6.86. The number of benzene rings is 2. The van der Waals surface area contributed by atoms with Gasteiger partial charge in [-0.1, -0.05) is 23.7 Å². The van der Waals surface area contributed by atoms with Crippen molar-refractivity contribution in [2.75, 3.05) is 19.5 Å². The third-order valence-electron chi connectivity index (χ3n) is 3.56. The average Bonchev–Trinajstić information content (AvgIpc) is 2.63. The van der Waals surface area contributed by atoms with Gasteiger partial charge in [0.2, 0.25) is 0 Å². The second kappa shape index (κ2) is 9.11. The molecule has 0 saturated carbocycles. The van der Waals surface area contributed by atoms with Crippen molar-refractivity contribution < 1.29 is 14.3 Å². The summed E-state index contributed by atoms with van der Waals surface area (Å²) >= 11 is 5.92. The van der Waals surface area contributed by atoms with Crippen molar-refractivity contribution in [3.05, 3.63) is 70.9 Å². The number of allylic oxidation sites excluding steroid dienone is 1. The van der Waals surface area contributed by atoms with Gasteiger partial charge in [0, 0.05) is 22.8 Å². The SMILES string of the molecule is COC(=O)C(N)/C=C(/Cc1ccc(OC)cc1)Nc1ccc(Cl)cc1. The van der Waals surface area contributed by atoms with Gasteiger partial charge in [0.25, 0.3) is 0 Å². The summed E-state index contributed by atoms with van der Waals surface area (Å²) in [4.78, 5) is 11.6. The van der Waals surface area contributed by atoms with Gasteiger partial charge in [0.05, 0.1) is 14.2 Å². The monoisotopic (exact) mass is 360 g/mol. The lowest BCUT2D eigenvalue weighted by Gasteiger charge is -2.14. The molecule has 0 heterocycles. The van der Waals surface area contributed by atoms with E-state index >= 15 is 0 Å². The molecule has 3 N–H and O–H groups in total. The maximum absolute atomic E-state index is 11.6. The van der Waals surface area contributed by atoms with Gasteiger partial charge in [-0.25, -0.2) is 0 Å². The molecule has 132 valence electrons. The first-order chi connectivity index (χ1) is 12.0. The Labute approximate surface area is 152 Å². The summed E-state index contributed by atoms with van der Waals surface area (Å²) in [6.45, 7) is 0. The zero-order valence-corrected chi connectivity index (χ0v) is 14.9. The normalized spacial score (nSPS) is 12.4. The minimum absolute atomic E-state index is 0.495. The van der Waals surface area contributed by atoms with E-state index < -0.39 is 12.0 Å². The molecule has 2 aromatic carbocycles. The van der Waals surface area contributed by atoms with Gasteiger partial charge in [0.15, 0.2) is 0 Å². The molecule has 0 aliphatic carbocycles. The minimum atomic E-state index is -0.849. The van der Waals surface area contributed by atoms with Crippen molar-refractivity contribution in [3.8, 4) is 5.75 Å². The summed E-state index contributed by atoms with van der Waals surface area (Å²) in [7, 11) is 2.93. The number of carbonyl (C=O) groups is 1. The number of halogens is 1. The van der Waals surface area contributed by atoms with E-state index in [9.17, 15) is 4.79 Å². The highest BCUT2D eigenvalue weighted by atomic mass is 35.5. The fraction of sp³-hybridized carbons (Fsp3) is 0.211. The van der Waals surface area contributed by atoms with Crippen LogP contribution in [0.25, 0.3) is 0 Å². The highest BCUT2D eigenvalue weighted by Crippen LogP contribution is 2.19. The first-order valence-corrected chi connectivity index (χ1v) is 8.09. The number of nitrogens with two attached hydrogens (primary N) is 1. The molecule has 6 heteroatoms. The molecule has 1 atom stereocenters. The molecule has 1 unspecified atom stereocenters. The summed E-state index contributed by atoms with van der Waals surface area (Å²) in [5.41, 5.74) is 8.55. The predicted molar refractivity (Wildman–Crippen MR) is 99.8 cm³/mol. The van der Waals surface area contributed by atoms with E-state index in [4.69, 9.17) is 22.1 Å². The van der Waals surface area contributed by atoms with Gasteiger partial charge >= 0.3 is 5.97 Å². The summed E-state index contributed by atoms with van der Waals surface area (Å²) in [5.74, 6) is 0.288. The summed E-state index contributed by atoms with van der Waals surface area (Å²) < 4.78 is 9.86. The van der Waals surface area contributed by atoms with Crippen LogP contribution < -0.4 is 15.8 Å². The molecule has 2 aromatic rings. The van der Waals surface area contributed by atoms with Crippen LogP contribution in [-0.2, 0) is 16.0 Å². The van der Waals surface area contributed by atoms with E-state index in [0.29, 0.717) is 11.4 Å². The zero-order valence-electron chi connectivity index (χ0n) is 14.2. The molecule has 0 bridgehead atoms. The quantitative estimate of drug-likeness (QED) is 0.740. The second-order valence-electron chi connectivity index (χ2n) is 5.40. The first-order valence-electron chi connectivity index (χ1n) is 7.71. The molecular weight excluding hydrogens is 340 g/mol. The molecule has 0 aliphatic heterocycles. The first kappa shape index (κ1) is 18.8. The maximum Gasteiger partial charge on any atom is 0.326 e. The molecule has 0 saturated heterocycles. The zero-order chi connectivity index (χ0) is 18.2. The van der Waals surface area contributed by atoms with Crippen LogP contribution in [0.3, 0.4) is 0 Å². The number of hydrogen-bond donors (Lipinski definition) is 2. The maximum atomic E-state index is 11.6. The Morgan fingerprint density at radius 2 is 1.80 bits per heavy atom. The Balaban J connectivity index is 2.22. The molecular formula is C19H21ClN2O3. The molecule has 5 nitrogen and oxygen atoms in total. The Morgan fingerprint density at radius 1 is 1.16 bits per heavy atom. The lowest BCUT2D eigenvalue weighted by atomic mass is 10.1. The van der Waals surface area contributed by atoms with Crippen LogP contribution in [-0.4, -0.2) is 26.2 Å². The fourth-order valence-electron chi connectivity index (χ4n) is 2.25. The molecule has 0 aliphatic rings. The molecule has 0 radical (unpaired) electrons. The van der Waals surface area contributed by atoms with Gasteiger partial charge < -0.3 is 20.5 Å². The lowest BCUT2D eigenvalue weighted by Crippen LogP contribution is -2.30. The van der Waals surface area contributed by atoms with E-state index in [0.717, 1.165) is 22.7 Å². The highest BCUT2D eigenvalue weighted by Gasteiger charge is 2.13. The number of carbonyl (C=O) groups excluding carboxylic acids is 1. The van der Waals surface area contributed by atoms with E-state index in [-0.39, 0.29) is 0 Å². The van der Waals surface area contributed by atoms with Crippen LogP contribution in [0.2, 0.25) is 5.02 Å². The van der Waals surface area contributed by atoms with Crippen molar-refractivity contribution in [2.45, 2.75) is 12.5 Å². The number of rotatable bonds is 7. The third kappa shape index (κ3) is 5.81. The number of ether oxygens (including phenoxy) is 2. The van der Waals surface area contributed by atoms with Crippen LogP contribution in [0.4, 0.5) is 5.69 Å². The highest BCUT2D eigenvalue weighted by molar-refractivity contribution is 6.30. The lowest BCUT2D eigenvalue weighted by molar-refractivity contribution is -0.140. The predicted octanol–water partition coefficient (Wildman–Crippen LogP) is 3.39. The number of hydrogen-bond acceptors (Lipinski definition) is 5. The second-order valence-corrected chi connectivity index (χ2v) is 5.83. The van der Waals surface area contributed by atoms with Crippen LogP contribution in [0.5, 0.6) is 5.75 Å². The fourth-order valence-corrected chi connectivity index (χ4v) is 2.37. The molecule has 0 amide bonds. The standard InChI is InChI=1S/C19H21ClN2O3/c1-24-17-9-3-13(4-10-17)11-16(12-18(21)19(23)25-2)22-15-7-5-14(20)6-8-15/h3-10,12,18,22H,11,21H2,1-2H3/b16-12-. The average molecular weight is 361 g/mol. The number of anilines is 1. The van der Waals surface area contributed by atoms with Crippen molar-refractivity contribution >= 4 is 23.3 Å². The molecule has 0 fully saturated rings. The molecule has 25 heavy (non-hydrogen) atoms. The van der Waals surface area contributed by atoms with Gasteiger partial charge in [-0.3, -0.25) is 4.79 Å². The van der Waals surface area contributed by atoms with Crippen LogP contribution in [0.15, 0.2) is 60.3 Å². The van der Waals surface area contributed by atoms with Crippen LogP contribution >= 0.6 is 11.6 Å². The van der Waals surface area contributed by atoms with Crippen molar-refractivity contribution in [1.82, 2.24) is 0 Å². The summed E-state index contributed by atoms with van der Waals surface area (Å²) in [6.07, 6.45) is 2.22. The Hall–Kier alpha value is -2.50. The van der Waals surface area contributed by atoms with Crippen LogP contribution in [0.1, 0.15) is 5.56 Å². The third-order valence-corrected chi connectivity index (χ3v) is 3.81. The summed E-state index contributed by atoms with van der Waals surface area (Å²) in [6, 6.07) is 14.1. The van der Waals surface area contributed by atoms with Gasteiger partial charge in [-0.2, -0.15) is 0 Å². The van der Waals surface area contributed by atoms with Crippen molar-refractivity contribution in [1.29, 1.82) is 0 Å². The van der Waals surface area contributed by atoms with Gasteiger partial charge in [-0.05, 0) is 48.0 Å². The van der Waals surface area contributed by atoms with Gasteiger partial charge in [0.1, 0.15) is 11.8 Å². The van der Waals surface area contributed by atoms with Crippen LogP contribution in [0, 0.1) is 0 Å². The van der Waals surface area contributed by atoms with E-state index in [1.54, 1.807) is 25.3 Å². The Bertz CT molecular complexity index is 727. The van der Waals surface area contributed by atoms with E-state index in [1.165, 1.54) is 7.11 Å². The Morgan fingerprint density at radius 3 is 2.36 bits per heavy atom. The number of esters is 1. The van der Waals surface area contributed by atoms with Crippen molar-refractivity contribution in [3.63, 3.8) is 0 Å². The molecule has 0 spiro atoms. The molecule has 2 rings (SSSR count). The number of nitrogens with one attached hydrogen (secondary N) is 1. The van der Waals surface area contributed by atoms with E-state index in [2.05, 4.69) is 10.1 Å². The smallest absolute Gasteiger partial charge is 0.326 e. The molecule has 0 aromatic heterocycles. The number of methoxy groups -OCH3 is 2. The van der Waals surface area contributed by atoms with Gasteiger partial charge in [-0.15, -0.1) is 0 Å². The van der Waals surface area contributed by atoms with Crippen molar-refractivity contribution in [2.24, 2.45) is 5.73 Å². The minimum Gasteiger partial charge on any atom is -0.497 e. The largest absolute Gasteiger partial charge is 0.497 e.